The highest BCUT2D eigenvalue weighted by molar-refractivity contribution is 9.10. The van der Waals surface area contributed by atoms with E-state index in [0.717, 1.165) is 0 Å². The van der Waals surface area contributed by atoms with Gasteiger partial charge in [-0.25, -0.2) is 8.42 Å². The summed E-state index contributed by atoms with van der Waals surface area (Å²) in [4.78, 5) is -0.219. The molecule has 0 spiro atoms. The minimum atomic E-state index is -3.94. The van der Waals surface area contributed by atoms with Crippen LogP contribution in [0.3, 0.4) is 0 Å². The number of rotatable bonds is 2. The predicted molar refractivity (Wildman–Crippen MR) is 59.8 cm³/mol. The van der Waals surface area contributed by atoms with Gasteiger partial charge < -0.3 is 5.73 Å². The van der Waals surface area contributed by atoms with Crippen LogP contribution in [-0.2, 0) is 15.6 Å². The van der Waals surface area contributed by atoms with Crippen LogP contribution in [0.2, 0.25) is 0 Å². The van der Waals surface area contributed by atoms with Crippen LogP contribution in [0.5, 0.6) is 0 Å². The summed E-state index contributed by atoms with van der Waals surface area (Å²) in [6, 6.07) is 4.70. The smallest absolute Gasteiger partial charge is 0.263 e. The van der Waals surface area contributed by atoms with Crippen molar-refractivity contribution < 1.29 is 8.42 Å². The summed E-state index contributed by atoms with van der Waals surface area (Å²) in [5.74, 6) is 0. The van der Waals surface area contributed by atoms with E-state index in [1.807, 2.05) is 0 Å². The average Bonchev–Trinajstić information content (AvgIpc) is 2.14. The van der Waals surface area contributed by atoms with E-state index in [4.69, 9.17) is 21.7 Å². The molecule has 0 heterocycles. The van der Waals surface area contributed by atoms with Gasteiger partial charge in [0.25, 0.3) is 9.05 Å². The molecule has 0 aliphatic heterocycles. The molecule has 0 saturated carbocycles. The summed E-state index contributed by atoms with van der Waals surface area (Å²) in [7, 11) is 1.26. The lowest BCUT2D eigenvalue weighted by molar-refractivity contribution is 0.609. The highest BCUT2D eigenvalue weighted by Crippen LogP contribution is 2.29. The molecule has 7 heteroatoms. The van der Waals surface area contributed by atoms with Gasteiger partial charge in [0.2, 0.25) is 0 Å². The van der Waals surface area contributed by atoms with Crippen LogP contribution in [0.1, 0.15) is 11.1 Å². The van der Waals surface area contributed by atoms with Gasteiger partial charge >= 0.3 is 0 Å². The largest absolute Gasteiger partial charge is 0.326 e. The molecular weight excluding hydrogens is 304 g/mol. The van der Waals surface area contributed by atoms with E-state index >= 15 is 0 Å². The van der Waals surface area contributed by atoms with E-state index in [1.54, 1.807) is 6.07 Å². The number of nitriles is 1. The molecule has 0 amide bonds. The van der Waals surface area contributed by atoms with Crippen molar-refractivity contribution in [3.8, 4) is 6.07 Å². The molecule has 2 N–H and O–H groups in total. The third-order valence-electron chi connectivity index (χ3n) is 1.70. The maximum Gasteiger partial charge on any atom is 0.263 e. The predicted octanol–water partition coefficient (Wildman–Crippen LogP) is 1.71. The molecule has 1 aromatic carbocycles. The SMILES string of the molecule is N#Cc1cc(CN)cc(Br)c1S(=O)(=O)Cl. The second-order valence-corrected chi connectivity index (χ2v) is 6.07. The van der Waals surface area contributed by atoms with Gasteiger partial charge in [0.05, 0.1) is 5.56 Å². The summed E-state index contributed by atoms with van der Waals surface area (Å²) in [5.41, 5.74) is 6.03. The number of nitrogens with zero attached hydrogens (tertiary/aromatic N) is 1. The zero-order valence-corrected chi connectivity index (χ0v) is 10.5. The number of halogens is 2. The van der Waals surface area contributed by atoms with Gasteiger partial charge in [0.15, 0.2) is 0 Å². The summed E-state index contributed by atoms with van der Waals surface area (Å²) in [6.45, 7) is 0.218. The van der Waals surface area contributed by atoms with Crippen LogP contribution in [0.4, 0.5) is 0 Å². The Morgan fingerprint density at radius 1 is 1.53 bits per heavy atom. The monoisotopic (exact) mass is 308 g/mol. The first-order chi connectivity index (χ1) is 6.90. The molecule has 0 saturated heterocycles. The number of hydrogen-bond donors (Lipinski definition) is 1. The molecule has 0 aliphatic rings. The van der Waals surface area contributed by atoms with Crippen molar-refractivity contribution in [2.75, 3.05) is 0 Å². The summed E-state index contributed by atoms with van der Waals surface area (Å²) in [6.07, 6.45) is 0. The van der Waals surface area contributed by atoms with E-state index in [1.165, 1.54) is 12.1 Å². The lowest BCUT2D eigenvalue weighted by atomic mass is 10.1. The fourth-order valence-electron chi connectivity index (χ4n) is 1.10. The zero-order valence-electron chi connectivity index (χ0n) is 7.37. The van der Waals surface area contributed by atoms with Gasteiger partial charge in [0.1, 0.15) is 11.0 Å². The van der Waals surface area contributed by atoms with E-state index in [-0.39, 0.29) is 21.5 Å². The van der Waals surface area contributed by atoms with Crippen LogP contribution in [0.25, 0.3) is 0 Å². The molecule has 0 fully saturated rings. The fraction of sp³-hybridized carbons (Fsp3) is 0.125. The average molecular weight is 310 g/mol. The van der Waals surface area contributed by atoms with Crippen molar-refractivity contribution in [2.24, 2.45) is 5.73 Å². The van der Waals surface area contributed by atoms with E-state index < -0.39 is 9.05 Å². The molecule has 0 aromatic heterocycles. The minimum absolute atomic E-state index is 0.0141. The van der Waals surface area contributed by atoms with Crippen molar-refractivity contribution in [2.45, 2.75) is 11.4 Å². The standard InChI is InChI=1S/C8H6BrClN2O2S/c9-7-2-5(3-11)1-6(4-12)8(7)15(10,13)14/h1-2H,3,11H2. The number of benzene rings is 1. The quantitative estimate of drug-likeness (QED) is 0.843. The molecule has 80 valence electrons. The van der Waals surface area contributed by atoms with E-state index in [2.05, 4.69) is 15.9 Å². The van der Waals surface area contributed by atoms with Gasteiger partial charge in [-0.1, -0.05) is 0 Å². The van der Waals surface area contributed by atoms with Crippen molar-refractivity contribution in [1.82, 2.24) is 0 Å². The molecule has 1 aromatic rings. The normalized spacial score (nSPS) is 11.1. The molecule has 0 bridgehead atoms. The molecule has 0 radical (unpaired) electrons. The molecule has 15 heavy (non-hydrogen) atoms. The molecule has 0 unspecified atom stereocenters. The third kappa shape index (κ3) is 2.69. The summed E-state index contributed by atoms with van der Waals surface area (Å²) in [5, 5.41) is 8.79. The zero-order chi connectivity index (χ0) is 11.6. The van der Waals surface area contributed by atoms with Crippen molar-refractivity contribution in [3.05, 3.63) is 27.7 Å². The third-order valence-corrected chi connectivity index (χ3v) is 3.98. The Labute approximate surface area is 100 Å². The molecular formula is C8H6BrClN2O2S. The number of hydrogen-bond acceptors (Lipinski definition) is 4. The van der Waals surface area contributed by atoms with Crippen LogP contribution < -0.4 is 5.73 Å². The van der Waals surface area contributed by atoms with E-state index in [9.17, 15) is 8.42 Å². The van der Waals surface area contributed by atoms with Crippen LogP contribution in [0, 0.1) is 11.3 Å². The van der Waals surface area contributed by atoms with Crippen molar-refractivity contribution >= 4 is 35.7 Å². The maximum atomic E-state index is 11.2. The van der Waals surface area contributed by atoms with Crippen LogP contribution in [0.15, 0.2) is 21.5 Å². The van der Waals surface area contributed by atoms with Crippen LogP contribution in [-0.4, -0.2) is 8.42 Å². The van der Waals surface area contributed by atoms with Crippen LogP contribution >= 0.6 is 26.6 Å². The second kappa shape index (κ2) is 4.49. The Bertz CT molecular complexity index is 536. The molecule has 0 aliphatic carbocycles. The van der Waals surface area contributed by atoms with Gasteiger partial charge in [-0.2, -0.15) is 5.26 Å². The lowest BCUT2D eigenvalue weighted by Crippen LogP contribution is -2.02. The van der Waals surface area contributed by atoms with Gasteiger partial charge in [-0.15, -0.1) is 0 Å². The van der Waals surface area contributed by atoms with Crippen molar-refractivity contribution in [1.29, 1.82) is 5.26 Å². The Morgan fingerprint density at radius 2 is 2.13 bits per heavy atom. The molecule has 1 rings (SSSR count). The first kappa shape index (κ1) is 12.5. The lowest BCUT2D eigenvalue weighted by Gasteiger charge is -2.05. The molecule has 4 nitrogen and oxygen atoms in total. The molecule has 0 atom stereocenters. The highest BCUT2D eigenvalue weighted by atomic mass is 79.9. The maximum absolute atomic E-state index is 11.2. The first-order valence-corrected chi connectivity index (χ1v) is 6.87. The topological polar surface area (TPSA) is 83.9 Å². The van der Waals surface area contributed by atoms with Gasteiger partial charge in [-0.3, -0.25) is 0 Å². The first-order valence-electron chi connectivity index (χ1n) is 3.77. The second-order valence-electron chi connectivity index (χ2n) is 2.71. The van der Waals surface area contributed by atoms with E-state index in [0.29, 0.717) is 5.56 Å². The fourth-order valence-corrected chi connectivity index (χ4v) is 3.68. The Balaban J connectivity index is 3.61. The minimum Gasteiger partial charge on any atom is -0.326 e. The van der Waals surface area contributed by atoms with Gasteiger partial charge in [0, 0.05) is 21.7 Å². The Kier molecular flexibility index (Phi) is 3.73. The Morgan fingerprint density at radius 3 is 2.53 bits per heavy atom. The Hall–Kier alpha value is -0.610. The summed E-state index contributed by atoms with van der Waals surface area (Å²) >= 11 is 3.05. The summed E-state index contributed by atoms with van der Waals surface area (Å²) < 4.78 is 22.6. The number of nitrogens with two attached hydrogens (primary N) is 1. The van der Waals surface area contributed by atoms with Gasteiger partial charge in [-0.05, 0) is 33.6 Å². The highest BCUT2D eigenvalue weighted by Gasteiger charge is 2.20. The van der Waals surface area contributed by atoms with Crippen molar-refractivity contribution in [3.63, 3.8) is 0 Å².